The molecule has 13 heteroatoms. The molecule has 1 saturated carbocycles. The van der Waals surface area contributed by atoms with Crippen LogP contribution in [0.1, 0.15) is 98.4 Å². The zero-order chi connectivity index (χ0) is 34.4. The number of carboxylic acids is 2. The number of carboxylic acid groups (broad SMARTS) is 2. The first-order valence-electron chi connectivity index (χ1n) is 17.4. The van der Waals surface area contributed by atoms with Crippen molar-refractivity contribution in [3.63, 3.8) is 0 Å². The van der Waals surface area contributed by atoms with E-state index in [0.717, 1.165) is 57.9 Å². The van der Waals surface area contributed by atoms with Crippen molar-refractivity contribution in [2.24, 2.45) is 17.8 Å². The maximum absolute atomic E-state index is 14.2. The normalized spacial score (nSPS) is 22.9. The van der Waals surface area contributed by atoms with Crippen LogP contribution in [0.25, 0.3) is 0 Å². The molecule has 1 aromatic carbocycles. The summed E-state index contributed by atoms with van der Waals surface area (Å²) in [7, 11) is -3.60. The van der Waals surface area contributed by atoms with E-state index in [1.165, 1.54) is 16.9 Å². The molecule has 2 unspecified atom stereocenters. The Morgan fingerprint density at radius 3 is 2.21 bits per heavy atom. The molecule has 3 fully saturated rings. The first kappa shape index (κ1) is 42.4. The first-order valence-corrected chi connectivity index (χ1v) is 19.4. The van der Waals surface area contributed by atoms with Crippen molar-refractivity contribution in [2.75, 3.05) is 25.4 Å². The molecule has 0 aromatic heterocycles. The monoisotopic (exact) mass is 702 g/mol. The summed E-state index contributed by atoms with van der Waals surface area (Å²) in [6, 6.07) is 8.83. The number of hydrogen-bond donors (Lipinski definition) is 3. The summed E-state index contributed by atoms with van der Waals surface area (Å²) in [5, 5.41) is 21.1. The molecule has 2 aliphatic heterocycles. The van der Waals surface area contributed by atoms with E-state index in [1.807, 2.05) is 44.2 Å². The van der Waals surface area contributed by atoms with E-state index in [1.54, 1.807) is 6.92 Å². The van der Waals surface area contributed by atoms with Crippen LogP contribution in [0.3, 0.4) is 0 Å². The average molecular weight is 703 g/mol. The van der Waals surface area contributed by atoms with Crippen LogP contribution in [0.2, 0.25) is 0 Å². The van der Waals surface area contributed by atoms with Gasteiger partial charge in [-0.25, -0.2) is 4.79 Å². The SMILES string of the molecule is CCC(=O)OC(O[P@](=O)(CCCCc1ccccc1)CC(=O)N1C[C@H](C2CCCCC2)C[C@H]1C(=O)O)C(C)C.O=C(O)C1CCCN1.[H-].[Na+]. The summed E-state index contributed by atoms with van der Waals surface area (Å²) in [6.45, 7) is 6.54. The van der Waals surface area contributed by atoms with E-state index in [9.17, 15) is 28.8 Å². The minimum atomic E-state index is -3.60. The molecule has 0 spiro atoms. The Hall–Kier alpha value is -1.75. The largest absolute Gasteiger partial charge is 1.00 e. The van der Waals surface area contributed by atoms with E-state index in [4.69, 9.17) is 14.4 Å². The number of esters is 1. The van der Waals surface area contributed by atoms with E-state index in [2.05, 4.69) is 5.32 Å². The predicted octanol–water partition coefficient (Wildman–Crippen LogP) is 3.06. The fraction of sp³-hybridized carbons (Fsp3) is 0.714. The van der Waals surface area contributed by atoms with Gasteiger partial charge in [0.2, 0.25) is 19.6 Å². The number of carbonyl (C=O) groups excluding carboxylic acids is 2. The Labute approximate surface area is 309 Å². The third-order valence-electron chi connectivity index (χ3n) is 9.42. The molecule has 11 nitrogen and oxygen atoms in total. The number of carbonyl (C=O) groups is 4. The predicted molar refractivity (Wildman–Crippen MR) is 180 cm³/mol. The van der Waals surface area contributed by atoms with Crippen LogP contribution in [0, 0.1) is 17.8 Å². The van der Waals surface area contributed by atoms with Crippen LogP contribution in [0.15, 0.2) is 30.3 Å². The molecule has 3 N–H and O–H groups in total. The van der Waals surface area contributed by atoms with Gasteiger partial charge in [-0.1, -0.05) is 83.2 Å². The number of ether oxygens (including phenoxy) is 1. The summed E-state index contributed by atoms with van der Waals surface area (Å²) >= 11 is 0. The van der Waals surface area contributed by atoms with Gasteiger partial charge < -0.3 is 26.6 Å². The molecule has 1 aliphatic carbocycles. The summed E-state index contributed by atoms with van der Waals surface area (Å²) in [4.78, 5) is 49.3. The van der Waals surface area contributed by atoms with Gasteiger partial charge in [0, 0.05) is 25.0 Å². The number of hydrogen-bond acceptors (Lipinski definition) is 8. The van der Waals surface area contributed by atoms with E-state index in [0.29, 0.717) is 25.3 Å². The summed E-state index contributed by atoms with van der Waals surface area (Å²) in [6.07, 6.45) is 8.91. The number of benzene rings is 1. The second kappa shape index (κ2) is 21.5. The summed E-state index contributed by atoms with van der Waals surface area (Å²) < 4.78 is 25.7. The Kier molecular flexibility index (Phi) is 19.0. The van der Waals surface area contributed by atoms with Crippen LogP contribution >= 0.6 is 7.37 Å². The summed E-state index contributed by atoms with van der Waals surface area (Å²) in [5.41, 5.74) is 1.18. The zero-order valence-electron chi connectivity index (χ0n) is 30.3. The number of amides is 1. The van der Waals surface area contributed by atoms with Crippen molar-refractivity contribution in [1.29, 1.82) is 0 Å². The topological polar surface area (TPSA) is 160 Å². The van der Waals surface area contributed by atoms with Crippen LogP contribution in [-0.4, -0.2) is 82.7 Å². The standard InChI is InChI=1S/C30H46NO7P.C5H9NO2.Na.H/c1-4-28(33)37-30(22(2)3)38-39(36,18-12-11-15-23-13-7-5-8-14-23)21-27(32)31-20-25(19-26(31)29(34)35)24-16-9-6-10-17-24;7-5(8)4-2-1-3-6-4;;/h5,7-8,13-14,22,24-26,30H,4,6,9-12,15-21H2,1-3H3,(H,34,35);4,6H,1-3H2,(H,7,8);;/q;;+1;-1/t25-,26+,30?,39-;;;/m1.../s1. The quantitative estimate of drug-likeness (QED) is 0.0816. The third kappa shape index (κ3) is 13.9. The van der Waals surface area contributed by atoms with Gasteiger partial charge in [-0.05, 0) is 62.5 Å². The Balaban J connectivity index is 0.00000105. The van der Waals surface area contributed by atoms with Crippen molar-refractivity contribution in [1.82, 2.24) is 10.2 Å². The molecule has 1 amide bonds. The van der Waals surface area contributed by atoms with Gasteiger partial charge in [-0.2, -0.15) is 0 Å². The molecule has 0 bridgehead atoms. The molecule has 1 aromatic rings. The maximum atomic E-state index is 14.2. The fourth-order valence-electron chi connectivity index (χ4n) is 6.69. The Bertz CT molecular complexity index is 1210. The maximum Gasteiger partial charge on any atom is 1.00 e. The molecule has 3 aliphatic rings. The number of nitrogens with one attached hydrogen (secondary N) is 1. The van der Waals surface area contributed by atoms with Crippen molar-refractivity contribution < 1.29 is 74.2 Å². The second-order valence-electron chi connectivity index (χ2n) is 13.5. The van der Waals surface area contributed by atoms with Gasteiger partial charge in [-0.15, -0.1) is 0 Å². The molecule has 2 heterocycles. The smallest absolute Gasteiger partial charge is 1.00 e. The number of likely N-dealkylation sites (tertiary alicyclic amines) is 1. The van der Waals surface area contributed by atoms with Gasteiger partial charge in [0.15, 0.2) is 0 Å². The van der Waals surface area contributed by atoms with Crippen molar-refractivity contribution in [2.45, 2.75) is 116 Å². The molecular weight excluding hydrogens is 646 g/mol. The zero-order valence-corrected chi connectivity index (χ0v) is 32.2. The van der Waals surface area contributed by atoms with Crippen LogP contribution in [-0.2, 0) is 39.4 Å². The van der Waals surface area contributed by atoms with Gasteiger partial charge in [0.25, 0.3) is 0 Å². The summed E-state index contributed by atoms with van der Waals surface area (Å²) in [5.74, 6) is -2.33. The van der Waals surface area contributed by atoms with Crippen molar-refractivity contribution in [3.05, 3.63) is 35.9 Å². The van der Waals surface area contributed by atoms with Gasteiger partial charge in [-0.3, -0.25) is 23.5 Å². The Morgan fingerprint density at radius 2 is 1.67 bits per heavy atom. The van der Waals surface area contributed by atoms with Gasteiger partial charge in [0.05, 0.1) is 0 Å². The molecule has 2 saturated heterocycles. The first-order chi connectivity index (χ1) is 22.4. The van der Waals surface area contributed by atoms with E-state index < -0.39 is 43.5 Å². The fourth-order valence-corrected chi connectivity index (χ4v) is 9.00. The van der Waals surface area contributed by atoms with E-state index >= 15 is 0 Å². The van der Waals surface area contributed by atoms with E-state index in [-0.39, 0.29) is 67.6 Å². The second-order valence-corrected chi connectivity index (χ2v) is 16.1. The number of aliphatic carboxylic acids is 2. The molecule has 4 rings (SSSR count). The van der Waals surface area contributed by atoms with Crippen LogP contribution in [0.4, 0.5) is 0 Å². The number of unbranched alkanes of at least 4 members (excludes halogenated alkanes) is 1. The molecule has 266 valence electrons. The van der Waals surface area contributed by atoms with Crippen LogP contribution in [0.5, 0.6) is 0 Å². The average Bonchev–Trinajstić information content (AvgIpc) is 3.76. The molecule has 5 atom stereocenters. The number of nitrogens with zero attached hydrogens (tertiary/aromatic N) is 1. The molecule has 48 heavy (non-hydrogen) atoms. The van der Waals surface area contributed by atoms with Crippen LogP contribution < -0.4 is 34.9 Å². The van der Waals surface area contributed by atoms with Gasteiger partial charge in [0.1, 0.15) is 18.2 Å². The van der Waals surface area contributed by atoms with Crippen molar-refractivity contribution in [3.8, 4) is 0 Å². The third-order valence-corrected chi connectivity index (χ3v) is 11.8. The van der Waals surface area contributed by atoms with Gasteiger partial charge >= 0.3 is 47.5 Å². The minimum absolute atomic E-state index is 0. The van der Waals surface area contributed by atoms with Crippen molar-refractivity contribution >= 4 is 31.2 Å². The molecule has 0 radical (unpaired) electrons. The minimum Gasteiger partial charge on any atom is -1.00 e. The number of aryl methyl sites for hydroxylation is 1. The molecular formula is C35H56N2NaO9P. The number of rotatable bonds is 15. The Morgan fingerprint density at radius 1 is 0.979 bits per heavy atom.